The molecule has 0 fully saturated rings. The topological polar surface area (TPSA) is 149 Å². The Labute approximate surface area is 605 Å². The van der Waals surface area contributed by atoms with Gasteiger partial charge in [0.05, 0.1) is 52.5 Å². The van der Waals surface area contributed by atoms with Gasteiger partial charge in [-0.2, -0.15) is 8.75 Å². The van der Waals surface area contributed by atoms with Crippen molar-refractivity contribution in [2.45, 2.75) is 12.8 Å². The Bertz CT molecular complexity index is 5600. The van der Waals surface area contributed by atoms with E-state index in [2.05, 4.69) is 209 Å². The summed E-state index contributed by atoms with van der Waals surface area (Å²) in [7, 11) is 0. The number of H-pyrrole nitrogens is 2. The first-order valence-electron chi connectivity index (χ1n) is 32.8. The van der Waals surface area contributed by atoms with Crippen molar-refractivity contribution in [3.8, 4) is 0 Å². The molecule has 0 bridgehead atoms. The van der Waals surface area contributed by atoms with Crippen LogP contribution in [0.3, 0.4) is 0 Å². The monoisotopic (exact) mass is 1420 g/mol. The van der Waals surface area contributed by atoms with Crippen LogP contribution in [0.15, 0.2) is 349 Å². The van der Waals surface area contributed by atoms with E-state index in [9.17, 15) is 0 Å². The summed E-state index contributed by atoms with van der Waals surface area (Å²) >= 11 is 8.42. The number of para-hydroxylation sites is 4. The fourth-order valence-electron chi connectivity index (χ4n) is 11.7. The summed E-state index contributed by atoms with van der Waals surface area (Å²) in [5, 5.41) is 16.3. The molecule has 0 aliphatic heterocycles. The summed E-state index contributed by atoms with van der Waals surface area (Å²) in [6.45, 7) is 0. The number of hydrogen-bond acceptors (Lipinski definition) is 14. The van der Waals surface area contributed by atoms with E-state index in [1.54, 1.807) is 83.6 Å². The molecule has 2 aliphatic carbocycles. The molecule has 102 heavy (non-hydrogen) atoms. The summed E-state index contributed by atoms with van der Waals surface area (Å²) < 4.78 is 40.6. The molecule has 0 saturated heterocycles. The lowest BCUT2D eigenvalue weighted by molar-refractivity contribution is 0.556. The highest BCUT2D eigenvalue weighted by Crippen LogP contribution is 2.34. The number of thiophene rings is 4. The zero-order valence-electron chi connectivity index (χ0n) is 54.6. The molecule has 22 aromatic rings. The van der Waals surface area contributed by atoms with E-state index in [-0.39, 0.29) is 0 Å². The smallest absolute Gasteiger partial charge is 0.172 e. The second-order valence-electron chi connectivity index (χ2n) is 23.0. The molecule has 14 aromatic heterocycles. The SMILES string of the molecule is C1=Cc2[nH]ccc2C1.C1=Cc2occc2C1.c1cc2occc2o1.c1cc2sccc2o1.c1cc2sccc2s1.c1ccc2c(c1)[nH]c1ccccc12.c1ccc2c(c1)oc1ccccc12.c1ccc2c(c1)sc1ccccc12.c1ccc2nsnc2c1.c1cnc2c(c1)ccc1cccnc12. The zero-order valence-corrected chi connectivity index (χ0v) is 58.7. The fourth-order valence-corrected chi connectivity index (χ4v) is 15.8. The normalized spacial score (nSPS) is 11.4. The van der Waals surface area contributed by atoms with Crippen LogP contribution in [0.25, 0.3) is 140 Å². The Morgan fingerprint density at radius 3 is 1.42 bits per heavy atom. The van der Waals surface area contributed by atoms with E-state index >= 15 is 0 Å². The molecule has 0 radical (unpaired) electrons. The second-order valence-corrected chi connectivity index (χ2v) is 27.5. The predicted molar refractivity (Wildman–Crippen MR) is 431 cm³/mol. The van der Waals surface area contributed by atoms with Crippen LogP contribution in [0.4, 0.5) is 0 Å². The molecule has 496 valence electrons. The number of nitrogens with one attached hydrogen (secondary N) is 2. The summed E-state index contributed by atoms with van der Waals surface area (Å²) in [4.78, 5) is 15.2. The van der Waals surface area contributed by atoms with Crippen molar-refractivity contribution >= 4 is 197 Å². The average Bonchev–Trinajstić information content (AvgIpc) is 1.61. The molecule has 2 aliphatic rings. The van der Waals surface area contributed by atoms with E-state index in [0.717, 1.165) is 79.4 Å². The average molecular weight is 1420 g/mol. The fraction of sp³-hybridized carbons (Fsp3) is 0.0233. The van der Waals surface area contributed by atoms with Crippen molar-refractivity contribution in [2.24, 2.45) is 0 Å². The molecule has 14 heterocycles. The number of rotatable bonds is 0. The summed E-state index contributed by atoms with van der Waals surface area (Å²) in [6, 6.07) is 86.0. The van der Waals surface area contributed by atoms with Gasteiger partial charge in [0.1, 0.15) is 33.5 Å². The van der Waals surface area contributed by atoms with Crippen LogP contribution in [0.2, 0.25) is 0 Å². The van der Waals surface area contributed by atoms with Crippen LogP contribution < -0.4 is 0 Å². The molecular formula is C86H62N6O5S5. The van der Waals surface area contributed by atoms with Crippen LogP contribution in [0.5, 0.6) is 0 Å². The molecule has 0 unspecified atom stereocenters. The molecule has 24 rings (SSSR count). The molecule has 0 atom stereocenters. The van der Waals surface area contributed by atoms with E-state index in [4.69, 9.17) is 22.1 Å². The van der Waals surface area contributed by atoms with Crippen LogP contribution in [-0.4, -0.2) is 28.7 Å². The largest absolute Gasteiger partial charge is 0.465 e. The standard InChI is InChI=1S/C12H8N2.C12H9N.C12H8O.C12H8S.C7H7N.C7H6O.C6H4N2S.C6H4O2.C6H4OS.C6H4S2/c1-3-9-5-6-10-4-2-8-14-12(10)11(9)13-7-1;3*1-3-7-11-9(5-1)10-6-2-4-8-12(10)13-11;2*1-2-6-4-5-8-7(6)3-1;1-2-4-6-5(3-1)7-9-8-6;1-3-7-6-2-4-8-5(1)6;1-3-7-5-2-4-8-6(1)5;1-3-7-6-2-4-8-5(1)6/h1-8H;1-8,13H;2*1-8H;1,3-5,8H,2H2;1,3-5H,2H2;1-4H;3*1-4H. The highest BCUT2D eigenvalue weighted by molar-refractivity contribution is 7.26. The minimum absolute atomic E-state index is 0.810. The maximum Gasteiger partial charge on any atom is 0.172 e. The number of aromatic amines is 2. The van der Waals surface area contributed by atoms with Crippen molar-refractivity contribution in [1.29, 1.82) is 0 Å². The van der Waals surface area contributed by atoms with E-state index in [0.29, 0.717) is 0 Å². The van der Waals surface area contributed by atoms with Crippen LogP contribution >= 0.6 is 57.1 Å². The molecule has 2 N–H and O–H groups in total. The first-order valence-corrected chi connectivity index (χ1v) is 37.0. The Hall–Kier alpha value is -12.0. The summed E-state index contributed by atoms with van der Waals surface area (Å²) in [5.41, 5.74) is 14.9. The van der Waals surface area contributed by atoms with Gasteiger partial charge in [-0.25, -0.2) is 0 Å². The molecule has 0 saturated carbocycles. The lowest BCUT2D eigenvalue weighted by Gasteiger charge is -2.00. The van der Waals surface area contributed by atoms with Gasteiger partial charge in [0.15, 0.2) is 11.2 Å². The molecule has 0 amide bonds. The van der Waals surface area contributed by atoms with Crippen molar-refractivity contribution in [1.82, 2.24) is 28.7 Å². The third-order valence-corrected chi connectivity index (χ3v) is 21.0. The number of allylic oxidation sites excluding steroid dienone is 2. The van der Waals surface area contributed by atoms with Gasteiger partial charge in [-0.05, 0) is 144 Å². The van der Waals surface area contributed by atoms with Crippen molar-refractivity contribution in [3.63, 3.8) is 0 Å². The number of furan rings is 5. The third kappa shape index (κ3) is 15.7. The van der Waals surface area contributed by atoms with Gasteiger partial charge in [-0.3, -0.25) is 9.97 Å². The van der Waals surface area contributed by atoms with Crippen LogP contribution in [0, 0.1) is 0 Å². The Kier molecular flexibility index (Phi) is 20.9. The molecule has 0 spiro atoms. The van der Waals surface area contributed by atoms with Gasteiger partial charge in [0, 0.05) is 115 Å². The first kappa shape index (κ1) is 65.9. The van der Waals surface area contributed by atoms with Gasteiger partial charge in [0.25, 0.3) is 0 Å². The quantitative estimate of drug-likeness (QED) is 0.142. The summed E-state index contributed by atoms with van der Waals surface area (Å²) in [5.74, 6) is 1.03. The maximum absolute atomic E-state index is 5.65. The number of nitrogens with zero attached hydrogens (tertiary/aromatic N) is 4. The van der Waals surface area contributed by atoms with Gasteiger partial charge in [0.2, 0.25) is 0 Å². The molecule has 11 nitrogen and oxygen atoms in total. The maximum atomic E-state index is 5.65. The molecular weight excluding hydrogens is 1360 g/mol. The lowest BCUT2D eigenvalue weighted by atomic mass is 10.1. The van der Waals surface area contributed by atoms with Gasteiger partial charge in [-0.15, -0.1) is 45.3 Å². The molecule has 8 aromatic carbocycles. The number of hydrogen-bond donors (Lipinski definition) is 2. The number of aromatic nitrogens is 6. The highest BCUT2D eigenvalue weighted by atomic mass is 32.1. The Morgan fingerprint density at radius 1 is 0.343 bits per heavy atom. The van der Waals surface area contributed by atoms with Crippen molar-refractivity contribution in [3.05, 3.63) is 349 Å². The van der Waals surface area contributed by atoms with Crippen molar-refractivity contribution in [2.75, 3.05) is 0 Å². The number of fused-ring (bicyclic) bond motifs is 18. The van der Waals surface area contributed by atoms with Crippen molar-refractivity contribution < 1.29 is 22.1 Å². The zero-order chi connectivity index (χ0) is 68.5. The van der Waals surface area contributed by atoms with Crippen LogP contribution in [-0.2, 0) is 12.8 Å². The van der Waals surface area contributed by atoms with E-state index < -0.39 is 0 Å². The third-order valence-electron chi connectivity index (χ3n) is 16.6. The van der Waals surface area contributed by atoms with Crippen LogP contribution in [0.1, 0.15) is 22.6 Å². The molecule has 16 heteroatoms. The van der Waals surface area contributed by atoms with Gasteiger partial charge >= 0.3 is 0 Å². The Balaban J connectivity index is 0.0000000923. The van der Waals surface area contributed by atoms with Gasteiger partial charge < -0.3 is 32.1 Å². The Morgan fingerprint density at radius 2 is 0.833 bits per heavy atom. The predicted octanol–water partition coefficient (Wildman–Crippen LogP) is 26.4. The minimum atomic E-state index is 0.810. The first-order chi connectivity index (χ1) is 50.6. The number of pyridine rings is 2. The number of benzene rings is 8. The second kappa shape index (κ2) is 32.3. The van der Waals surface area contributed by atoms with E-state index in [1.807, 2.05) is 120 Å². The lowest BCUT2D eigenvalue weighted by Crippen LogP contribution is -1.83. The highest BCUT2D eigenvalue weighted by Gasteiger charge is 2.08. The minimum Gasteiger partial charge on any atom is -0.465 e. The van der Waals surface area contributed by atoms with E-state index in [1.165, 1.54) is 95.4 Å². The summed E-state index contributed by atoms with van der Waals surface area (Å²) in [6.07, 6.45) is 22.8. The van der Waals surface area contributed by atoms with Gasteiger partial charge in [-0.1, -0.05) is 158 Å².